The van der Waals surface area contributed by atoms with Gasteiger partial charge in [0.25, 0.3) is 0 Å². The quantitative estimate of drug-likeness (QED) is 0.853. The van der Waals surface area contributed by atoms with Crippen molar-refractivity contribution >= 4 is 11.7 Å². The zero-order chi connectivity index (χ0) is 13.8. The van der Waals surface area contributed by atoms with Gasteiger partial charge in [-0.3, -0.25) is 0 Å². The molecule has 0 spiro atoms. The van der Waals surface area contributed by atoms with E-state index in [2.05, 4.69) is 5.32 Å². The van der Waals surface area contributed by atoms with Gasteiger partial charge in [0.05, 0.1) is 0 Å². The zero-order valence-electron chi connectivity index (χ0n) is 12.2. The van der Waals surface area contributed by atoms with E-state index in [1.54, 1.807) is 0 Å². The third-order valence-electron chi connectivity index (χ3n) is 4.16. The van der Waals surface area contributed by atoms with E-state index in [1.165, 1.54) is 19.3 Å². The summed E-state index contributed by atoms with van der Waals surface area (Å²) >= 11 is 0. The first kappa shape index (κ1) is 13.9. The molecule has 1 saturated carbocycles. The van der Waals surface area contributed by atoms with Crippen molar-refractivity contribution in [1.29, 1.82) is 0 Å². The molecule has 3 nitrogen and oxygen atoms in total. The number of benzene rings is 1. The third-order valence-corrected chi connectivity index (χ3v) is 4.16. The maximum absolute atomic E-state index is 12.3. The van der Waals surface area contributed by atoms with Gasteiger partial charge in [-0.15, -0.1) is 0 Å². The van der Waals surface area contributed by atoms with Crippen LogP contribution in [0.4, 0.5) is 10.5 Å². The summed E-state index contributed by atoms with van der Waals surface area (Å²) in [4.78, 5) is 14.2. The fourth-order valence-corrected chi connectivity index (χ4v) is 2.84. The fourth-order valence-electron chi connectivity index (χ4n) is 2.84. The lowest BCUT2D eigenvalue weighted by Crippen LogP contribution is -2.41. The molecular formula is C16H24N2O. The van der Waals surface area contributed by atoms with Crippen molar-refractivity contribution < 1.29 is 4.79 Å². The summed E-state index contributed by atoms with van der Waals surface area (Å²) in [5.41, 5.74) is 3.19. The summed E-state index contributed by atoms with van der Waals surface area (Å²) in [6, 6.07) is 6.50. The molecule has 0 radical (unpaired) electrons. The Balaban J connectivity index is 2.04. The molecule has 0 aromatic heterocycles. The van der Waals surface area contributed by atoms with Gasteiger partial charge in [-0.05, 0) is 37.8 Å². The molecule has 2 rings (SSSR count). The maximum Gasteiger partial charge on any atom is 0.321 e. The number of anilines is 1. The summed E-state index contributed by atoms with van der Waals surface area (Å²) < 4.78 is 0. The number of rotatable bonds is 2. The van der Waals surface area contributed by atoms with E-state index in [4.69, 9.17) is 0 Å². The summed E-state index contributed by atoms with van der Waals surface area (Å²) in [6.07, 6.45) is 6.06. The standard InChI is InChI=1S/C16H24N2O/c1-12-8-7-9-13(2)15(12)17-16(19)18(3)14-10-5-4-6-11-14/h7-9,14H,4-6,10-11H2,1-3H3,(H,17,19). The molecule has 1 aromatic rings. The Labute approximate surface area is 116 Å². The van der Waals surface area contributed by atoms with Gasteiger partial charge in [-0.2, -0.15) is 0 Å². The third kappa shape index (κ3) is 3.28. The molecule has 1 N–H and O–H groups in total. The average Bonchev–Trinajstić information content (AvgIpc) is 2.43. The Bertz CT molecular complexity index is 430. The Morgan fingerprint density at radius 3 is 2.32 bits per heavy atom. The Morgan fingerprint density at radius 1 is 1.16 bits per heavy atom. The van der Waals surface area contributed by atoms with Crippen molar-refractivity contribution in [2.24, 2.45) is 0 Å². The lowest BCUT2D eigenvalue weighted by atomic mass is 9.95. The topological polar surface area (TPSA) is 32.3 Å². The minimum atomic E-state index is 0.0179. The molecule has 1 aliphatic rings. The summed E-state index contributed by atoms with van der Waals surface area (Å²) in [6.45, 7) is 4.06. The largest absolute Gasteiger partial charge is 0.325 e. The summed E-state index contributed by atoms with van der Waals surface area (Å²) in [7, 11) is 1.92. The molecule has 0 atom stereocenters. The van der Waals surface area contributed by atoms with Gasteiger partial charge in [-0.1, -0.05) is 37.5 Å². The van der Waals surface area contributed by atoms with Gasteiger partial charge in [0, 0.05) is 18.8 Å². The van der Waals surface area contributed by atoms with Crippen LogP contribution < -0.4 is 5.32 Å². The van der Waals surface area contributed by atoms with Crippen molar-refractivity contribution in [1.82, 2.24) is 4.90 Å². The smallest absolute Gasteiger partial charge is 0.321 e. The first-order valence-electron chi connectivity index (χ1n) is 7.19. The van der Waals surface area contributed by atoms with Gasteiger partial charge in [0.2, 0.25) is 0 Å². The molecule has 3 heteroatoms. The summed E-state index contributed by atoms with van der Waals surface area (Å²) in [5.74, 6) is 0. The fraction of sp³-hybridized carbons (Fsp3) is 0.562. The number of carbonyl (C=O) groups excluding carboxylic acids is 1. The van der Waals surface area contributed by atoms with Crippen LogP contribution in [0.3, 0.4) is 0 Å². The SMILES string of the molecule is Cc1cccc(C)c1NC(=O)N(C)C1CCCCC1. The van der Waals surface area contributed by atoms with Crippen molar-refractivity contribution in [3.63, 3.8) is 0 Å². The Morgan fingerprint density at radius 2 is 1.74 bits per heavy atom. The summed E-state index contributed by atoms with van der Waals surface area (Å²) in [5, 5.41) is 3.06. The number of nitrogens with one attached hydrogen (secondary N) is 1. The first-order chi connectivity index (χ1) is 9.09. The van der Waals surface area contributed by atoms with Crippen LogP contribution in [0.25, 0.3) is 0 Å². The van der Waals surface area contributed by atoms with Gasteiger partial charge >= 0.3 is 6.03 Å². The molecule has 0 aliphatic heterocycles. The van der Waals surface area contributed by atoms with E-state index in [9.17, 15) is 4.79 Å². The Hall–Kier alpha value is -1.51. The van der Waals surface area contributed by atoms with Crippen LogP contribution >= 0.6 is 0 Å². The van der Waals surface area contributed by atoms with E-state index >= 15 is 0 Å². The molecular weight excluding hydrogens is 236 g/mol. The molecule has 104 valence electrons. The zero-order valence-corrected chi connectivity index (χ0v) is 12.2. The van der Waals surface area contributed by atoms with E-state index in [0.29, 0.717) is 6.04 Å². The molecule has 0 heterocycles. The van der Waals surface area contributed by atoms with Crippen LogP contribution in [0.5, 0.6) is 0 Å². The van der Waals surface area contributed by atoms with Crippen LogP contribution in [0.2, 0.25) is 0 Å². The predicted octanol–water partition coefficient (Wildman–Crippen LogP) is 4.10. The van der Waals surface area contributed by atoms with E-state index in [0.717, 1.165) is 29.7 Å². The van der Waals surface area contributed by atoms with Crippen LogP contribution in [-0.4, -0.2) is 24.0 Å². The van der Waals surface area contributed by atoms with E-state index in [1.807, 2.05) is 44.0 Å². The van der Waals surface area contributed by atoms with E-state index < -0.39 is 0 Å². The number of hydrogen-bond acceptors (Lipinski definition) is 1. The average molecular weight is 260 g/mol. The minimum Gasteiger partial charge on any atom is -0.325 e. The second-order valence-electron chi connectivity index (χ2n) is 5.60. The molecule has 0 unspecified atom stereocenters. The number of urea groups is 1. The molecule has 2 amide bonds. The first-order valence-corrected chi connectivity index (χ1v) is 7.19. The molecule has 1 aromatic carbocycles. The number of hydrogen-bond donors (Lipinski definition) is 1. The van der Waals surface area contributed by atoms with Crippen LogP contribution in [0.15, 0.2) is 18.2 Å². The number of para-hydroxylation sites is 1. The highest BCUT2D eigenvalue weighted by molar-refractivity contribution is 5.91. The number of amides is 2. The molecule has 0 saturated heterocycles. The van der Waals surface area contributed by atoms with Gasteiger partial charge in [-0.25, -0.2) is 4.79 Å². The van der Waals surface area contributed by atoms with Crippen LogP contribution in [0.1, 0.15) is 43.2 Å². The number of nitrogens with zero attached hydrogens (tertiary/aromatic N) is 1. The van der Waals surface area contributed by atoms with Crippen molar-refractivity contribution in [2.45, 2.75) is 52.0 Å². The monoisotopic (exact) mass is 260 g/mol. The number of carbonyl (C=O) groups is 1. The molecule has 1 fully saturated rings. The number of aryl methyl sites for hydroxylation is 2. The highest BCUT2D eigenvalue weighted by Gasteiger charge is 2.22. The Kier molecular flexibility index (Phi) is 4.46. The van der Waals surface area contributed by atoms with E-state index in [-0.39, 0.29) is 6.03 Å². The minimum absolute atomic E-state index is 0.0179. The second kappa shape index (κ2) is 6.09. The van der Waals surface area contributed by atoms with Crippen LogP contribution in [-0.2, 0) is 0 Å². The van der Waals surface area contributed by atoms with Gasteiger partial charge in [0.15, 0.2) is 0 Å². The molecule has 19 heavy (non-hydrogen) atoms. The highest BCUT2D eigenvalue weighted by atomic mass is 16.2. The van der Waals surface area contributed by atoms with Gasteiger partial charge < -0.3 is 10.2 Å². The lowest BCUT2D eigenvalue weighted by Gasteiger charge is -2.31. The maximum atomic E-state index is 12.3. The second-order valence-corrected chi connectivity index (χ2v) is 5.60. The predicted molar refractivity (Wildman–Crippen MR) is 79.6 cm³/mol. The van der Waals surface area contributed by atoms with Crippen molar-refractivity contribution in [3.05, 3.63) is 29.3 Å². The van der Waals surface area contributed by atoms with Gasteiger partial charge in [0.1, 0.15) is 0 Å². The highest BCUT2D eigenvalue weighted by Crippen LogP contribution is 2.24. The molecule has 0 bridgehead atoms. The molecule has 1 aliphatic carbocycles. The lowest BCUT2D eigenvalue weighted by molar-refractivity contribution is 0.186. The van der Waals surface area contributed by atoms with Crippen molar-refractivity contribution in [3.8, 4) is 0 Å². The van der Waals surface area contributed by atoms with Crippen molar-refractivity contribution in [2.75, 3.05) is 12.4 Å². The normalized spacial score (nSPS) is 16.2. The van der Waals surface area contributed by atoms with Crippen LogP contribution in [0, 0.1) is 13.8 Å².